The minimum atomic E-state index is -0.889. The molecule has 27 heavy (non-hydrogen) atoms. The molecule has 0 saturated carbocycles. The highest BCUT2D eigenvalue weighted by atomic mass is 16.4. The van der Waals surface area contributed by atoms with Crippen LogP contribution in [0.25, 0.3) is 11.0 Å². The first-order valence-corrected chi connectivity index (χ1v) is 9.17. The molecule has 0 aliphatic carbocycles. The van der Waals surface area contributed by atoms with Crippen molar-refractivity contribution in [2.24, 2.45) is 22.6 Å². The average Bonchev–Trinajstić information content (AvgIpc) is 3.03. The predicted molar refractivity (Wildman–Crippen MR) is 108 cm³/mol. The van der Waals surface area contributed by atoms with Crippen molar-refractivity contribution in [3.63, 3.8) is 0 Å². The van der Waals surface area contributed by atoms with Crippen LogP contribution in [0.3, 0.4) is 0 Å². The Morgan fingerprint density at radius 1 is 1.48 bits per heavy atom. The van der Waals surface area contributed by atoms with E-state index in [1.165, 1.54) is 12.4 Å². The molecule has 2 aromatic heterocycles. The van der Waals surface area contributed by atoms with Crippen molar-refractivity contribution in [2.45, 2.75) is 40.2 Å². The SMILES string of the molecule is CCC(Cn1ccc2cnc(N/C(C=NCCC(=O)O)=C/N)nc21)C(C)C. The molecular formula is C19H28N6O2. The summed E-state index contributed by atoms with van der Waals surface area (Å²) in [6.07, 6.45) is 7.73. The second-order valence-corrected chi connectivity index (χ2v) is 6.78. The van der Waals surface area contributed by atoms with Crippen molar-refractivity contribution in [1.82, 2.24) is 14.5 Å². The number of aromatic nitrogens is 3. The molecule has 0 aliphatic rings. The molecule has 1 atom stereocenters. The molecule has 0 amide bonds. The van der Waals surface area contributed by atoms with Crippen molar-refractivity contribution < 1.29 is 9.90 Å². The highest BCUT2D eigenvalue weighted by Crippen LogP contribution is 2.21. The van der Waals surface area contributed by atoms with Gasteiger partial charge in [0.05, 0.1) is 12.1 Å². The van der Waals surface area contributed by atoms with Crippen molar-refractivity contribution in [3.8, 4) is 0 Å². The van der Waals surface area contributed by atoms with Crippen LogP contribution >= 0.6 is 0 Å². The number of fused-ring (bicyclic) bond motifs is 1. The molecule has 0 aromatic carbocycles. The van der Waals surface area contributed by atoms with Crippen molar-refractivity contribution in [1.29, 1.82) is 0 Å². The first-order chi connectivity index (χ1) is 12.9. The summed E-state index contributed by atoms with van der Waals surface area (Å²) in [7, 11) is 0. The fourth-order valence-electron chi connectivity index (χ4n) is 2.81. The Hall–Kier alpha value is -2.90. The minimum absolute atomic E-state index is 0.0290. The standard InChI is InChI=1S/C19H28N6O2/c1-4-14(13(2)3)12-25-8-6-15-10-22-19(24-18(15)25)23-16(9-20)11-21-7-5-17(26)27/h6,8-11,13-14H,4-5,7,12,20H2,1-3H3,(H,26,27)(H,22,23,24)/b16-9+,21-11?. The fraction of sp³-hybridized carbons (Fsp3) is 0.474. The number of hydrogen-bond acceptors (Lipinski definition) is 6. The van der Waals surface area contributed by atoms with E-state index in [0.29, 0.717) is 23.5 Å². The van der Waals surface area contributed by atoms with Gasteiger partial charge >= 0.3 is 5.97 Å². The predicted octanol–water partition coefficient (Wildman–Crippen LogP) is 2.87. The van der Waals surface area contributed by atoms with Gasteiger partial charge in [-0.15, -0.1) is 0 Å². The molecule has 4 N–H and O–H groups in total. The van der Waals surface area contributed by atoms with Gasteiger partial charge in [-0.05, 0) is 17.9 Å². The summed E-state index contributed by atoms with van der Waals surface area (Å²) in [6, 6.07) is 2.01. The number of nitrogens with one attached hydrogen (secondary N) is 1. The van der Waals surface area contributed by atoms with Gasteiger partial charge in [-0.1, -0.05) is 27.2 Å². The number of anilines is 1. The zero-order chi connectivity index (χ0) is 19.8. The van der Waals surface area contributed by atoms with Gasteiger partial charge in [0, 0.05) is 43.3 Å². The number of carboxylic acids is 1. The van der Waals surface area contributed by atoms with Gasteiger partial charge in [-0.2, -0.15) is 4.98 Å². The van der Waals surface area contributed by atoms with E-state index < -0.39 is 5.97 Å². The monoisotopic (exact) mass is 372 g/mol. The lowest BCUT2D eigenvalue weighted by Crippen LogP contribution is -2.15. The Morgan fingerprint density at radius 2 is 2.26 bits per heavy atom. The van der Waals surface area contributed by atoms with Gasteiger partial charge in [-0.3, -0.25) is 9.79 Å². The Kier molecular flexibility index (Phi) is 7.34. The van der Waals surface area contributed by atoms with E-state index in [9.17, 15) is 4.79 Å². The van der Waals surface area contributed by atoms with E-state index >= 15 is 0 Å². The number of aliphatic carboxylic acids is 1. The lowest BCUT2D eigenvalue weighted by Gasteiger charge is -2.20. The van der Waals surface area contributed by atoms with Crippen LogP contribution < -0.4 is 11.1 Å². The van der Waals surface area contributed by atoms with E-state index in [0.717, 1.165) is 24.0 Å². The summed E-state index contributed by atoms with van der Waals surface area (Å²) in [6.45, 7) is 7.78. The number of nitrogens with two attached hydrogens (primary N) is 1. The number of aliphatic imine (C=N–C) groups is 1. The van der Waals surface area contributed by atoms with Crippen molar-refractivity contribution >= 4 is 29.2 Å². The normalized spacial score (nSPS) is 13.6. The molecule has 0 saturated heterocycles. The average molecular weight is 372 g/mol. The van der Waals surface area contributed by atoms with Gasteiger partial charge < -0.3 is 20.7 Å². The van der Waals surface area contributed by atoms with Crippen LogP contribution in [-0.2, 0) is 11.3 Å². The summed E-state index contributed by atoms with van der Waals surface area (Å²) in [5.41, 5.74) is 6.98. The van der Waals surface area contributed by atoms with Crippen LogP contribution in [0.15, 0.2) is 35.3 Å². The third kappa shape index (κ3) is 5.80. The van der Waals surface area contributed by atoms with Crippen LogP contribution in [0, 0.1) is 11.8 Å². The van der Waals surface area contributed by atoms with E-state index in [1.54, 1.807) is 6.20 Å². The molecular weight excluding hydrogens is 344 g/mol. The summed E-state index contributed by atoms with van der Waals surface area (Å²) in [5, 5.41) is 12.6. The number of hydrogen-bond donors (Lipinski definition) is 3. The Balaban J connectivity index is 2.14. The molecule has 0 aliphatic heterocycles. The van der Waals surface area contributed by atoms with E-state index in [2.05, 4.69) is 45.6 Å². The number of nitrogens with zero attached hydrogens (tertiary/aromatic N) is 4. The highest BCUT2D eigenvalue weighted by Gasteiger charge is 2.14. The largest absolute Gasteiger partial charge is 0.481 e. The van der Waals surface area contributed by atoms with Gasteiger partial charge in [0.1, 0.15) is 5.65 Å². The Bertz CT molecular complexity index is 825. The molecule has 0 bridgehead atoms. The molecule has 2 heterocycles. The first-order valence-electron chi connectivity index (χ1n) is 9.17. The van der Waals surface area contributed by atoms with Gasteiger partial charge in [0.2, 0.25) is 5.95 Å². The Morgan fingerprint density at radius 3 is 2.89 bits per heavy atom. The molecule has 146 valence electrons. The van der Waals surface area contributed by atoms with Crippen LogP contribution in [0.4, 0.5) is 5.95 Å². The lowest BCUT2D eigenvalue weighted by atomic mass is 9.93. The quantitative estimate of drug-likeness (QED) is 0.552. The zero-order valence-electron chi connectivity index (χ0n) is 16.1. The maximum atomic E-state index is 10.5. The third-order valence-corrected chi connectivity index (χ3v) is 4.52. The number of carboxylic acid groups (broad SMARTS) is 1. The minimum Gasteiger partial charge on any atom is -0.481 e. The summed E-state index contributed by atoms with van der Waals surface area (Å²) in [4.78, 5) is 23.5. The fourth-order valence-corrected chi connectivity index (χ4v) is 2.81. The molecule has 1 unspecified atom stereocenters. The van der Waals surface area contributed by atoms with Crippen molar-refractivity contribution in [2.75, 3.05) is 11.9 Å². The van der Waals surface area contributed by atoms with Crippen LogP contribution in [0.1, 0.15) is 33.6 Å². The van der Waals surface area contributed by atoms with Gasteiger partial charge in [0.25, 0.3) is 0 Å². The first kappa shape index (κ1) is 20.4. The van der Waals surface area contributed by atoms with E-state index in [4.69, 9.17) is 10.8 Å². The molecule has 8 nitrogen and oxygen atoms in total. The zero-order valence-corrected chi connectivity index (χ0v) is 16.1. The molecule has 0 radical (unpaired) electrons. The maximum absolute atomic E-state index is 10.5. The summed E-state index contributed by atoms with van der Waals surface area (Å²) in [5.74, 6) is 0.703. The lowest BCUT2D eigenvalue weighted by molar-refractivity contribution is -0.136. The molecule has 2 aromatic rings. The van der Waals surface area contributed by atoms with Crippen LogP contribution in [0.2, 0.25) is 0 Å². The summed E-state index contributed by atoms with van der Waals surface area (Å²) >= 11 is 0. The molecule has 0 spiro atoms. The topological polar surface area (TPSA) is 118 Å². The second-order valence-electron chi connectivity index (χ2n) is 6.78. The van der Waals surface area contributed by atoms with Gasteiger partial charge in [0.15, 0.2) is 0 Å². The number of rotatable bonds is 10. The number of allylic oxidation sites excluding steroid dienone is 1. The Labute approximate surface area is 159 Å². The maximum Gasteiger partial charge on any atom is 0.305 e. The molecule has 0 fully saturated rings. The third-order valence-electron chi connectivity index (χ3n) is 4.52. The van der Waals surface area contributed by atoms with E-state index in [1.807, 2.05) is 12.3 Å². The van der Waals surface area contributed by atoms with Crippen LogP contribution in [-0.4, -0.2) is 38.4 Å². The molecule has 2 rings (SSSR count). The molecule has 8 heteroatoms. The smallest absolute Gasteiger partial charge is 0.305 e. The van der Waals surface area contributed by atoms with Crippen molar-refractivity contribution in [3.05, 3.63) is 30.4 Å². The summed E-state index contributed by atoms with van der Waals surface area (Å²) < 4.78 is 2.16. The van der Waals surface area contributed by atoms with Crippen LogP contribution in [0.5, 0.6) is 0 Å². The number of carbonyl (C=O) groups is 1. The van der Waals surface area contributed by atoms with Gasteiger partial charge in [-0.25, -0.2) is 4.98 Å². The van der Waals surface area contributed by atoms with E-state index in [-0.39, 0.29) is 13.0 Å². The second kappa shape index (κ2) is 9.70. The highest BCUT2D eigenvalue weighted by molar-refractivity contribution is 5.83.